The van der Waals surface area contributed by atoms with Crippen LogP contribution in [0.5, 0.6) is 0 Å². The number of carbonyl (C=O) groups excluding carboxylic acids is 1. The van der Waals surface area contributed by atoms with Crippen molar-refractivity contribution in [3.63, 3.8) is 0 Å². The lowest BCUT2D eigenvalue weighted by Crippen LogP contribution is -2.43. The molecule has 0 radical (unpaired) electrons. The number of anilines is 1. The van der Waals surface area contributed by atoms with E-state index in [-0.39, 0.29) is 17.7 Å². The molecule has 144 valence electrons. The highest BCUT2D eigenvalue weighted by Gasteiger charge is 2.24. The highest BCUT2D eigenvalue weighted by molar-refractivity contribution is 7.89. The zero-order chi connectivity index (χ0) is 20.0. The summed E-state index contributed by atoms with van der Waals surface area (Å²) in [5.41, 5.74) is 1.04. The van der Waals surface area contributed by atoms with Crippen LogP contribution < -0.4 is 10.0 Å². The first kappa shape index (κ1) is 20.9. The molecule has 0 aliphatic rings. The van der Waals surface area contributed by atoms with Gasteiger partial charge in [0.1, 0.15) is 6.04 Å². The van der Waals surface area contributed by atoms with Crippen LogP contribution in [0.3, 0.4) is 0 Å². The van der Waals surface area contributed by atoms with E-state index in [2.05, 4.69) is 10.0 Å². The summed E-state index contributed by atoms with van der Waals surface area (Å²) in [5.74, 6) is -1.46. The van der Waals surface area contributed by atoms with Gasteiger partial charge >= 0.3 is 5.97 Å². The molecule has 0 bridgehead atoms. The molecule has 0 fully saturated rings. The predicted octanol–water partition coefficient (Wildman–Crippen LogP) is 2.66. The smallest absolute Gasteiger partial charge is 0.307 e. The number of hydrogen-bond donors (Lipinski definition) is 3. The SMILES string of the molecule is CCC(NS(=O)(=O)c1ccc(Cl)cc1)C(=O)Nc1ccc(CC(=O)O)cc1. The van der Waals surface area contributed by atoms with E-state index in [0.29, 0.717) is 16.3 Å². The number of amides is 1. The first-order valence-corrected chi connectivity index (χ1v) is 9.97. The van der Waals surface area contributed by atoms with Gasteiger partial charge in [0.2, 0.25) is 15.9 Å². The fourth-order valence-electron chi connectivity index (χ4n) is 2.30. The highest BCUT2D eigenvalue weighted by Crippen LogP contribution is 2.16. The molecule has 9 heteroatoms. The zero-order valence-corrected chi connectivity index (χ0v) is 16.0. The van der Waals surface area contributed by atoms with Crippen molar-refractivity contribution in [2.24, 2.45) is 0 Å². The summed E-state index contributed by atoms with van der Waals surface area (Å²) in [6.07, 6.45) is 0.127. The van der Waals surface area contributed by atoms with Crippen LogP contribution in [0.25, 0.3) is 0 Å². The topological polar surface area (TPSA) is 113 Å². The maximum atomic E-state index is 12.4. The summed E-state index contributed by atoms with van der Waals surface area (Å²) < 4.78 is 27.2. The first-order chi connectivity index (χ1) is 12.7. The van der Waals surface area contributed by atoms with Crippen molar-refractivity contribution in [3.05, 3.63) is 59.1 Å². The van der Waals surface area contributed by atoms with Crippen molar-refractivity contribution in [2.45, 2.75) is 30.7 Å². The third kappa shape index (κ3) is 6.06. The standard InChI is InChI=1S/C18H19ClN2O5S/c1-2-16(21-27(25,26)15-9-5-13(19)6-10-15)18(24)20-14-7-3-12(4-8-14)11-17(22)23/h3-10,16,21H,2,11H2,1H3,(H,20,24)(H,22,23). The molecule has 1 atom stereocenters. The van der Waals surface area contributed by atoms with Crippen LogP contribution in [-0.2, 0) is 26.0 Å². The number of benzene rings is 2. The summed E-state index contributed by atoms with van der Waals surface area (Å²) in [7, 11) is -3.88. The Kier molecular flexibility index (Phi) is 6.95. The van der Waals surface area contributed by atoms with Crippen LogP contribution in [0.4, 0.5) is 5.69 Å². The van der Waals surface area contributed by atoms with Gasteiger partial charge in [-0.05, 0) is 48.4 Å². The van der Waals surface area contributed by atoms with Crippen molar-refractivity contribution in [1.29, 1.82) is 0 Å². The Labute approximate surface area is 162 Å². The van der Waals surface area contributed by atoms with E-state index in [9.17, 15) is 18.0 Å². The van der Waals surface area contributed by atoms with Gasteiger partial charge in [0.05, 0.1) is 11.3 Å². The average molecular weight is 411 g/mol. The number of aliphatic carboxylic acids is 1. The Morgan fingerprint density at radius 2 is 1.67 bits per heavy atom. The Hall–Kier alpha value is -2.42. The lowest BCUT2D eigenvalue weighted by atomic mass is 10.1. The molecule has 0 spiro atoms. The summed E-state index contributed by atoms with van der Waals surface area (Å²) in [5, 5.41) is 11.8. The van der Waals surface area contributed by atoms with E-state index < -0.39 is 27.9 Å². The van der Waals surface area contributed by atoms with Crippen LogP contribution in [-0.4, -0.2) is 31.4 Å². The minimum absolute atomic E-state index is 0.0103. The van der Waals surface area contributed by atoms with Gasteiger partial charge in [-0.15, -0.1) is 0 Å². The summed E-state index contributed by atoms with van der Waals surface area (Å²) in [6.45, 7) is 1.69. The number of carbonyl (C=O) groups is 2. The lowest BCUT2D eigenvalue weighted by Gasteiger charge is -2.17. The summed E-state index contributed by atoms with van der Waals surface area (Å²) in [6, 6.07) is 11.0. The van der Waals surface area contributed by atoms with Crippen LogP contribution in [0, 0.1) is 0 Å². The zero-order valence-electron chi connectivity index (χ0n) is 14.5. The number of nitrogens with one attached hydrogen (secondary N) is 2. The predicted molar refractivity (Wildman–Crippen MR) is 102 cm³/mol. The Morgan fingerprint density at radius 1 is 1.07 bits per heavy atom. The van der Waals surface area contributed by atoms with Gasteiger partial charge in [-0.25, -0.2) is 8.42 Å². The highest BCUT2D eigenvalue weighted by atomic mass is 35.5. The molecule has 27 heavy (non-hydrogen) atoms. The Morgan fingerprint density at radius 3 is 2.19 bits per heavy atom. The third-order valence-electron chi connectivity index (χ3n) is 3.72. The fraction of sp³-hybridized carbons (Fsp3) is 0.222. The van der Waals surface area contributed by atoms with Crippen molar-refractivity contribution in [3.8, 4) is 0 Å². The van der Waals surface area contributed by atoms with Crippen molar-refractivity contribution in [1.82, 2.24) is 4.72 Å². The Bertz CT molecular complexity index is 912. The number of carboxylic acid groups (broad SMARTS) is 1. The molecule has 2 aromatic carbocycles. The van der Waals surface area contributed by atoms with E-state index in [1.807, 2.05) is 0 Å². The van der Waals surface area contributed by atoms with Gasteiger partial charge < -0.3 is 10.4 Å². The van der Waals surface area contributed by atoms with Crippen LogP contribution in [0.2, 0.25) is 5.02 Å². The lowest BCUT2D eigenvalue weighted by molar-refractivity contribution is -0.136. The van der Waals surface area contributed by atoms with E-state index in [0.717, 1.165) is 0 Å². The second-order valence-corrected chi connectivity index (χ2v) is 7.94. The molecular weight excluding hydrogens is 392 g/mol. The second-order valence-electron chi connectivity index (χ2n) is 5.79. The molecule has 0 aliphatic carbocycles. The first-order valence-electron chi connectivity index (χ1n) is 8.10. The maximum absolute atomic E-state index is 12.4. The number of sulfonamides is 1. The van der Waals surface area contributed by atoms with Gasteiger partial charge in [0, 0.05) is 10.7 Å². The molecule has 1 unspecified atom stereocenters. The molecule has 0 heterocycles. The maximum Gasteiger partial charge on any atom is 0.307 e. The minimum atomic E-state index is -3.88. The molecule has 2 aromatic rings. The quantitative estimate of drug-likeness (QED) is 0.619. The number of halogens is 1. The minimum Gasteiger partial charge on any atom is -0.481 e. The average Bonchev–Trinajstić information content (AvgIpc) is 2.61. The number of carboxylic acids is 1. The molecule has 0 saturated heterocycles. The summed E-state index contributed by atoms with van der Waals surface area (Å²) >= 11 is 5.76. The van der Waals surface area contributed by atoms with E-state index in [1.165, 1.54) is 24.3 Å². The van der Waals surface area contributed by atoms with E-state index in [4.69, 9.17) is 16.7 Å². The molecule has 3 N–H and O–H groups in total. The normalized spacial score (nSPS) is 12.4. The molecule has 0 saturated carbocycles. The second kappa shape index (κ2) is 8.98. The molecule has 0 aliphatic heterocycles. The van der Waals surface area contributed by atoms with Gasteiger partial charge in [-0.1, -0.05) is 30.7 Å². The van der Waals surface area contributed by atoms with Crippen LogP contribution in [0.1, 0.15) is 18.9 Å². The monoisotopic (exact) mass is 410 g/mol. The van der Waals surface area contributed by atoms with Crippen molar-refractivity contribution >= 4 is 39.2 Å². The van der Waals surface area contributed by atoms with Gasteiger partial charge in [-0.3, -0.25) is 9.59 Å². The summed E-state index contributed by atoms with van der Waals surface area (Å²) in [4.78, 5) is 23.1. The molecular formula is C18H19ClN2O5S. The third-order valence-corrected chi connectivity index (χ3v) is 5.46. The van der Waals surface area contributed by atoms with Gasteiger partial charge in [0.15, 0.2) is 0 Å². The van der Waals surface area contributed by atoms with Crippen molar-refractivity contribution in [2.75, 3.05) is 5.32 Å². The van der Waals surface area contributed by atoms with E-state index >= 15 is 0 Å². The molecule has 7 nitrogen and oxygen atoms in total. The molecule has 2 rings (SSSR count). The van der Waals surface area contributed by atoms with Crippen LogP contribution in [0.15, 0.2) is 53.4 Å². The number of rotatable bonds is 8. The molecule has 0 aromatic heterocycles. The number of hydrogen-bond acceptors (Lipinski definition) is 4. The molecule has 1 amide bonds. The van der Waals surface area contributed by atoms with Crippen LogP contribution >= 0.6 is 11.6 Å². The van der Waals surface area contributed by atoms with Gasteiger partial charge in [-0.2, -0.15) is 4.72 Å². The van der Waals surface area contributed by atoms with E-state index in [1.54, 1.807) is 31.2 Å². The Balaban J connectivity index is 2.06. The largest absolute Gasteiger partial charge is 0.481 e. The van der Waals surface area contributed by atoms with Gasteiger partial charge in [0.25, 0.3) is 0 Å². The van der Waals surface area contributed by atoms with Crippen molar-refractivity contribution < 1.29 is 23.1 Å². The fourth-order valence-corrected chi connectivity index (χ4v) is 3.71.